The number of nitrogens with zero attached hydrogens (tertiary/aromatic N) is 2. The molecule has 1 aromatic carbocycles. The summed E-state index contributed by atoms with van der Waals surface area (Å²) in [5.74, 6) is 0.144. The number of rotatable bonds is 5. The van der Waals surface area contributed by atoms with E-state index in [1.165, 1.54) is 16.0 Å². The molecule has 0 amide bonds. The summed E-state index contributed by atoms with van der Waals surface area (Å²) in [4.78, 5) is 5.99. The van der Waals surface area contributed by atoms with Crippen molar-refractivity contribution in [2.75, 3.05) is 0 Å². The Labute approximate surface area is 172 Å². The molecule has 2 heterocycles. The first-order valence-electron chi connectivity index (χ1n) is 9.65. The van der Waals surface area contributed by atoms with E-state index < -0.39 is 0 Å². The van der Waals surface area contributed by atoms with Crippen LogP contribution in [0.3, 0.4) is 0 Å². The molecule has 3 rings (SSSR count). The molecule has 0 spiro atoms. The first kappa shape index (κ1) is 20.0. The molecule has 0 aliphatic carbocycles. The highest BCUT2D eigenvalue weighted by atomic mass is 32.1. The second-order valence-electron chi connectivity index (χ2n) is 7.35. The minimum absolute atomic E-state index is 0.144. The van der Waals surface area contributed by atoms with Crippen molar-refractivity contribution in [2.45, 2.75) is 47.0 Å². The van der Waals surface area contributed by atoms with E-state index in [4.69, 9.17) is 4.98 Å². The van der Waals surface area contributed by atoms with Crippen LogP contribution in [0.15, 0.2) is 48.0 Å². The number of pyridine rings is 1. The molecule has 3 heteroatoms. The average Bonchev–Trinajstić information content (AvgIpc) is 3.21. The highest BCUT2D eigenvalue weighted by molar-refractivity contribution is 7.10. The van der Waals surface area contributed by atoms with Gasteiger partial charge < -0.3 is 0 Å². The van der Waals surface area contributed by atoms with Crippen molar-refractivity contribution in [3.05, 3.63) is 86.4 Å². The number of allylic oxidation sites excluding steroid dienone is 2. The highest BCUT2D eigenvalue weighted by Gasteiger charge is 2.24. The molecular weight excluding hydrogens is 360 g/mol. The van der Waals surface area contributed by atoms with Gasteiger partial charge in [0.15, 0.2) is 0 Å². The van der Waals surface area contributed by atoms with E-state index in [0.717, 1.165) is 40.0 Å². The second-order valence-corrected chi connectivity index (χ2v) is 8.33. The Morgan fingerprint density at radius 2 is 1.82 bits per heavy atom. The molecule has 1 atom stereocenters. The molecule has 0 aliphatic heterocycles. The van der Waals surface area contributed by atoms with E-state index in [-0.39, 0.29) is 5.92 Å². The Kier molecular flexibility index (Phi) is 6.11. The number of nitriles is 1. The zero-order valence-electron chi connectivity index (χ0n) is 17.2. The minimum Gasteiger partial charge on any atom is -0.256 e. The smallest absolute Gasteiger partial charge is 0.100 e. The van der Waals surface area contributed by atoms with Crippen molar-refractivity contribution < 1.29 is 0 Å². The van der Waals surface area contributed by atoms with Crippen LogP contribution in [0.5, 0.6) is 0 Å². The normalized spacial score (nSPS) is 13.0. The molecule has 2 nitrogen and oxygen atoms in total. The molecule has 0 saturated heterocycles. The molecule has 1 unspecified atom stereocenters. The van der Waals surface area contributed by atoms with Gasteiger partial charge in [-0.3, -0.25) is 4.98 Å². The standard InChI is InChI=1S/C25H26N2S/c1-6-20(24-8-7-11-28-24)25(23-10-9-16(2)15-27-23)22(14-26)21-13-18(4)17(3)12-19(21)5/h7-13,15,20H,6H2,1-5H3. The van der Waals surface area contributed by atoms with Crippen molar-refractivity contribution in [2.24, 2.45) is 0 Å². The van der Waals surface area contributed by atoms with E-state index in [1.54, 1.807) is 11.3 Å². The van der Waals surface area contributed by atoms with Gasteiger partial charge in [0, 0.05) is 22.6 Å². The summed E-state index contributed by atoms with van der Waals surface area (Å²) in [5, 5.41) is 12.4. The largest absolute Gasteiger partial charge is 0.256 e. The zero-order valence-corrected chi connectivity index (χ0v) is 18.0. The van der Waals surface area contributed by atoms with Gasteiger partial charge in [-0.1, -0.05) is 31.2 Å². The van der Waals surface area contributed by atoms with Crippen molar-refractivity contribution >= 4 is 22.5 Å². The Hall–Kier alpha value is -2.70. The van der Waals surface area contributed by atoms with Gasteiger partial charge in [-0.15, -0.1) is 11.3 Å². The van der Waals surface area contributed by atoms with Gasteiger partial charge in [-0.25, -0.2) is 0 Å². The highest BCUT2D eigenvalue weighted by Crippen LogP contribution is 2.41. The summed E-state index contributed by atoms with van der Waals surface area (Å²) in [7, 11) is 0. The molecule has 0 aliphatic rings. The lowest BCUT2D eigenvalue weighted by Gasteiger charge is -2.21. The van der Waals surface area contributed by atoms with Gasteiger partial charge in [-0.05, 0) is 79.4 Å². The maximum Gasteiger partial charge on any atom is 0.100 e. The number of hydrogen-bond donors (Lipinski definition) is 0. The van der Waals surface area contributed by atoms with Gasteiger partial charge in [0.25, 0.3) is 0 Å². The summed E-state index contributed by atoms with van der Waals surface area (Å²) < 4.78 is 0. The third kappa shape index (κ3) is 3.93. The predicted molar refractivity (Wildman–Crippen MR) is 119 cm³/mol. The van der Waals surface area contributed by atoms with Gasteiger partial charge >= 0.3 is 0 Å². The molecule has 142 valence electrons. The van der Waals surface area contributed by atoms with Crippen molar-refractivity contribution in [3.8, 4) is 6.07 Å². The van der Waals surface area contributed by atoms with Crippen molar-refractivity contribution in [1.29, 1.82) is 5.26 Å². The number of aromatic nitrogens is 1. The lowest BCUT2D eigenvalue weighted by molar-refractivity contribution is 0.835. The summed E-state index contributed by atoms with van der Waals surface area (Å²) in [6, 6.07) is 15.2. The molecule has 3 aromatic rings. The van der Waals surface area contributed by atoms with Gasteiger partial charge in [0.1, 0.15) is 6.07 Å². The van der Waals surface area contributed by atoms with Crippen LogP contribution in [0.1, 0.15) is 57.7 Å². The Morgan fingerprint density at radius 3 is 2.39 bits per heavy atom. The summed E-state index contributed by atoms with van der Waals surface area (Å²) in [5.41, 5.74) is 8.36. The maximum atomic E-state index is 10.3. The van der Waals surface area contributed by atoms with Crippen molar-refractivity contribution in [1.82, 2.24) is 4.98 Å². The van der Waals surface area contributed by atoms with Gasteiger partial charge in [0.05, 0.1) is 11.3 Å². The number of benzene rings is 1. The fraction of sp³-hybridized carbons (Fsp3) is 0.280. The van der Waals surface area contributed by atoms with E-state index in [1.807, 2.05) is 13.1 Å². The molecule has 2 aromatic heterocycles. The van der Waals surface area contributed by atoms with Crippen LogP contribution >= 0.6 is 11.3 Å². The molecule has 0 bridgehead atoms. The van der Waals surface area contributed by atoms with Gasteiger partial charge in [0.2, 0.25) is 0 Å². The van der Waals surface area contributed by atoms with E-state index >= 15 is 0 Å². The lowest BCUT2D eigenvalue weighted by Crippen LogP contribution is -2.05. The summed E-state index contributed by atoms with van der Waals surface area (Å²) in [6.07, 6.45) is 2.80. The third-order valence-corrected chi connectivity index (χ3v) is 6.31. The van der Waals surface area contributed by atoms with E-state index in [2.05, 4.69) is 75.5 Å². The topological polar surface area (TPSA) is 36.7 Å². The first-order valence-corrected chi connectivity index (χ1v) is 10.5. The summed E-state index contributed by atoms with van der Waals surface area (Å²) in [6.45, 7) is 10.5. The Bertz CT molecular complexity index is 1040. The fourth-order valence-corrected chi connectivity index (χ4v) is 4.56. The first-order chi connectivity index (χ1) is 13.5. The van der Waals surface area contributed by atoms with E-state index in [9.17, 15) is 5.26 Å². The van der Waals surface area contributed by atoms with Crippen LogP contribution in [0, 0.1) is 39.0 Å². The van der Waals surface area contributed by atoms with Crippen LogP contribution in [0.4, 0.5) is 0 Å². The molecule has 0 radical (unpaired) electrons. The average molecular weight is 387 g/mol. The van der Waals surface area contributed by atoms with Crippen LogP contribution in [0.2, 0.25) is 0 Å². The number of thiophene rings is 1. The second kappa shape index (κ2) is 8.54. The van der Waals surface area contributed by atoms with Crippen molar-refractivity contribution in [3.63, 3.8) is 0 Å². The van der Waals surface area contributed by atoms with Crippen LogP contribution < -0.4 is 0 Å². The minimum atomic E-state index is 0.144. The number of hydrogen-bond acceptors (Lipinski definition) is 3. The predicted octanol–water partition coefficient (Wildman–Crippen LogP) is 7.00. The molecular formula is C25H26N2S. The fourth-order valence-electron chi connectivity index (χ4n) is 3.64. The molecule has 28 heavy (non-hydrogen) atoms. The third-order valence-electron chi connectivity index (χ3n) is 5.32. The molecule has 0 fully saturated rings. The van der Waals surface area contributed by atoms with Crippen LogP contribution in [-0.2, 0) is 0 Å². The van der Waals surface area contributed by atoms with E-state index in [0.29, 0.717) is 0 Å². The van der Waals surface area contributed by atoms with Crippen LogP contribution in [-0.4, -0.2) is 4.98 Å². The van der Waals surface area contributed by atoms with Gasteiger partial charge in [-0.2, -0.15) is 5.26 Å². The maximum absolute atomic E-state index is 10.3. The molecule has 0 saturated carbocycles. The lowest BCUT2D eigenvalue weighted by atomic mass is 9.84. The summed E-state index contributed by atoms with van der Waals surface area (Å²) >= 11 is 1.74. The number of aryl methyl sites for hydroxylation is 4. The Morgan fingerprint density at radius 1 is 1.07 bits per heavy atom. The monoisotopic (exact) mass is 386 g/mol. The SMILES string of the molecule is CCC(C(=C(C#N)c1cc(C)c(C)cc1C)c1ccc(C)cn1)c1cccs1. The zero-order chi connectivity index (χ0) is 20.3. The van der Waals surface area contributed by atoms with Crippen LogP contribution in [0.25, 0.3) is 11.1 Å². The quantitative estimate of drug-likeness (QED) is 0.442. The molecule has 0 N–H and O–H groups in total. The Balaban J connectivity index is 2.34.